The molecule has 40 heavy (non-hydrogen) atoms. The number of likely N-dealkylation sites (tertiary alicyclic amines) is 2. The zero-order chi connectivity index (χ0) is 32.1. The second-order valence-corrected chi connectivity index (χ2v) is 11.7. The minimum atomic E-state index is -2.14. The predicted molar refractivity (Wildman–Crippen MR) is 160 cm³/mol. The quantitative estimate of drug-likeness (QED) is 0.349. The highest BCUT2D eigenvalue weighted by molar-refractivity contribution is 5.82. The van der Waals surface area contributed by atoms with Crippen molar-refractivity contribution in [2.45, 2.75) is 95.9 Å². The second-order valence-electron chi connectivity index (χ2n) is 11.7. The Hall–Kier alpha value is -2.74. The molecule has 2 heterocycles. The Labute approximate surface area is 245 Å². The van der Waals surface area contributed by atoms with Crippen molar-refractivity contribution in [3.8, 4) is 0 Å². The molecule has 2 saturated heterocycles. The van der Waals surface area contributed by atoms with Crippen molar-refractivity contribution in [2.24, 2.45) is 0 Å². The molecule has 4 atom stereocenters. The molecule has 2 aliphatic heterocycles. The van der Waals surface area contributed by atoms with Gasteiger partial charge in [-0.05, 0) is 55.2 Å². The van der Waals surface area contributed by atoms with Crippen LogP contribution in [0.25, 0.3) is 0 Å². The number of carbonyl (C=O) groups excluding carboxylic acids is 2. The minimum Gasteiger partial charge on any atom is -0.390 e. The molecular weight excluding hydrogens is 500 g/mol. The lowest BCUT2D eigenvalue weighted by molar-refractivity contribution is -0.131. The molecule has 0 bridgehead atoms. The van der Waals surface area contributed by atoms with Gasteiger partial charge in [0.05, 0.1) is 23.7 Å². The first kappa shape index (κ1) is 25.0. The molecule has 7 heteroatoms. The summed E-state index contributed by atoms with van der Waals surface area (Å²) < 4.78 is 31.4. The van der Waals surface area contributed by atoms with E-state index in [0.29, 0.717) is 57.8 Å². The fraction of sp³-hybridized carbons (Fsp3) is 0.576. The molecule has 2 aromatic carbocycles. The van der Waals surface area contributed by atoms with Crippen LogP contribution in [0.15, 0.2) is 54.6 Å². The minimum absolute atomic E-state index is 0.164. The number of benzene rings is 2. The topological polar surface area (TPSA) is 84.9 Å². The summed E-state index contributed by atoms with van der Waals surface area (Å²) in [4.78, 5) is 29.9. The van der Waals surface area contributed by atoms with E-state index in [-0.39, 0.29) is 18.4 Å². The van der Waals surface area contributed by atoms with E-state index in [4.69, 9.17) is 5.48 Å². The summed E-state index contributed by atoms with van der Waals surface area (Å²) in [6.45, 7) is 6.03. The van der Waals surface area contributed by atoms with E-state index in [1.807, 2.05) is 48.2 Å². The molecule has 4 rings (SSSR count). The Kier molecular flexibility index (Phi) is 8.60. The van der Waals surface area contributed by atoms with Crippen molar-refractivity contribution >= 4 is 11.8 Å². The highest BCUT2D eigenvalue weighted by atomic mass is 16.3. The van der Waals surface area contributed by atoms with Gasteiger partial charge in [-0.1, -0.05) is 75.3 Å². The van der Waals surface area contributed by atoms with E-state index in [1.165, 1.54) is 10.5 Å². The summed E-state index contributed by atoms with van der Waals surface area (Å²) in [7, 11) is 0. The van der Waals surface area contributed by atoms with Gasteiger partial charge in [0.2, 0.25) is 11.8 Å². The van der Waals surface area contributed by atoms with Gasteiger partial charge in [0, 0.05) is 44.6 Å². The van der Waals surface area contributed by atoms with Gasteiger partial charge in [-0.2, -0.15) is 0 Å². The van der Waals surface area contributed by atoms with Gasteiger partial charge in [0.15, 0.2) is 0 Å². The van der Waals surface area contributed by atoms with Gasteiger partial charge >= 0.3 is 0 Å². The van der Waals surface area contributed by atoms with Crippen molar-refractivity contribution in [3.63, 3.8) is 0 Å². The van der Waals surface area contributed by atoms with E-state index >= 15 is 0 Å². The third-order valence-corrected chi connectivity index (χ3v) is 8.61. The van der Waals surface area contributed by atoms with Crippen LogP contribution in [0, 0.1) is 0 Å². The van der Waals surface area contributed by atoms with Gasteiger partial charge in [-0.15, -0.1) is 0 Å². The molecule has 2 aliphatic rings. The maximum absolute atomic E-state index is 13.6. The molecule has 1 unspecified atom stereocenters. The summed E-state index contributed by atoms with van der Waals surface area (Å²) in [5, 5.41) is 17.7. The number of aliphatic hydroxyl groups excluding tert-OH is 1. The third kappa shape index (κ3) is 7.31. The molecule has 3 N–H and O–H groups in total. The molecule has 218 valence electrons. The Morgan fingerprint density at radius 2 is 1.90 bits per heavy atom. The van der Waals surface area contributed by atoms with E-state index < -0.39 is 37.0 Å². The molecule has 0 radical (unpaired) electrons. The molecule has 2 amide bonds. The molecular formula is C33H48N4O3. The van der Waals surface area contributed by atoms with Crippen LogP contribution in [0.2, 0.25) is 0 Å². The number of aliphatic hydroxyl groups is 1. The van der Waals surface area contributed by atoms with Crippen LogP contribution >= 0.6 is 0 Å². The zero-order valence-corrected chi connectivity index (χ0v) is 24.1. The van der Waals surface area contributed by atoms with Gasteiger partial charge in [-0.3, -0.25) is 14.5 Å². The van der Waals surface area contributed by atoms with Crippen molar-refractivity contribution < 1.29 is 20.2 Å². The van der Waals surface area contributed by atoms with Gasteiger partial charge < -0.3 is 20.6 Å². The average Bonchev–Trinajstić information content (AvgIpc) is 3.55. The monoisotopic (exact) mass is 556 g/mol. The van der Waals surface area contributed by atoms with Gasteiger partial charge in [-0.25, -0.2) is 0 Å². The number of amides is 2. The Bertz CT molecular complexity index is 1260. The second kappa shape index (κ2) is 13.7. The van der Waals surface area contributed by atoms with Gasteiger partial charge in [0.25, 0.3) is 0 Å². The van der Waals surface area contributed by atoms with Gasteiger partial charge in [0.1, 0.15) is 0 Å². The maximum Gasteiger partial charge on any atom is 0.237 e. The van der Waals surface area contributed by atoms with Crippen LogP contribution in [0.5, 0.6) is 0 Å². The smallest absolute Gasteiger partial charge is 0.237 e. The standard InChI is InChI=1S/C33H48N4O3/c1-5-17-37-31(39)14-15-33(37)16-18-36(23-33)25(4)32(40)35-29(20-26-10-7-6-8-11-26)30(38)22-34-21-27-12-9-13-28(19-27)24(2)3/h6-13,19,24-25,29-30,34,38H,5,14-18,20-23H2,1-4H3,(H,35,40)/t25?,29-,30+,33-/m0/s1/i1T2,5T2. The van der Waals surface area contributed by atoms with Crippen molar-refractivity contribution in [2.75, 3.05) is 26.2 Å². The SMILES string of the molecule is [3H]C([3H])C([3H])([3H])CN1C(=O)CC[C@@]12CCN(C(C)C(=O)N[C@@H](Cc1ccccc1)[C@H](O)CNCc1cccc(C(C)C)c1)C2. The van der Waals surface area contributed by atoms with E-state index in [1.54, 1.807) is 0 Å². The Morgan fingerprint density at radius 1 is 1.12 bits per heavy atom. The molecule has 1 spiro atoms. The molecule has 0 aromatic heterocycles. The Balaban J connectivity index is 1.40. The first-order chi connectivity index (χ1) is 20.8. The first-order valence-electron chi connectivity index (χ1n) is 16.7. The highest BCUT2D eigenvalue weighted by Gasteiger charge is 2.50. The van der Waals surface area contributed by atoms with Crippen LogP contribution in [-0.2, 0) is 22.6 Å². The third-order valence-electron chi connectivity index (χ3n) is 8.61. The first-order valence-corrected chi connectivity index (χ1v) is 14.5. The lowest BCUT2D eigenvalue weighted by atomic mass is 9.95. The largest absolute Gasteiger partial charge is 0.390 e. The normalized spacial score (nSPS) is 23.6. The average molecular weight is 557 g/mol. The van der Waals surface area contributed by atoms with Crippen molar-refractivity contribution in [1.82, 2.24) is 20.4 Å². The summed E-state index contributed by atoms with van der Waals surface area (Å²) in [5.74, 6) is 0.0525. The number of hydrogen-bond acceptors (Lipinski definition) is 5. The van der Waals surface area contributed by atoms with Crippen LogP contribution in [-0.4, -0.2) is 76.6 Å². The van der Waals surface area contributed by atoms with Crippen LogP contribution in [0.4, 0.5) is 0 Å². The van der Waals surface area contributed by atoms with Crippen molar-refractivity contribution in [3.05, 3.63) is 71.3 Å². The summed E-state index contributed by atoms with van der Waals surface area (Å²) in [6, 6.07) is 17.1. The van der Waals surface area contributed by atoms with Crippen molar-refractivity contribution in [1.29, 1.82) is 0 Å². The molecule has 0 saturated carbocycles. The van der Waals surface area contributed by atoms with Crippen LogP contribution < -0.4 is 10.6 Å². The number of nitrogens with one attached hydrogen (secondary N) is 2. The van der Waals surface area contributed by atoms with E-state index in [9.17, 15) is 14.7 Å². The summed E-state index contributed by atoms with van der Waals surface area (Å²) in [5.41, 5.74) is 2.80. The molecule has 2 fully saturated rings. The van der Waals surface area contributed by atoms with Crippen LogP contribution in [0.1, 0.15) is 81.4 Å². The number of carbonyl (C=O) groups is 2. The summed E-state index contributed by atoms with van der Waals surface area (Å²) in [6.07, 6.45) is -1.05. The lowest BCUT2D eigenvalue weighted by Crippen LogP contribution is -2.55. The Morgan fingerprint density at radius 3 is 2.65 bits per heavy atom. The zero-order valence-electron chi connectivity index (χ0n) is 28.1. The fourth-order valence-corrected chi connectivity index (χ4v) is 6.05. The number of hydrogen-bond donors (Lipinski definition) is 3. The van der Waals surface area contributed by atoms with E-state index in [2.05, 4.69) is 42.7 Å². The fourth-order valence-electron chi connectivity index (χ4n) is 6.05. The summed E-state index contributed by atoms with van der Waals surface area (Å²) >= 11 is 0. The molecule has 2 aromatic rings. The number of rotatable bonds is 13. The number of nitrogens with zero attached hydrogens (tertiary/aromatic N) is 2. The van der Waals surface area contributed by atoms with E-state index in [0.717, 1.165) is 11.1 Å². The highest BCUT2D eigenvalue weighted by Crippen LogP contribution is 2.39. The van der Waals surface area contributed by atoms with Crippen LogP contribution in [0.3, 0.4) is 0 Å². The molecule has 7 nitrogen and oxygen atoms in total. The lowest BCUT2D eigenvalue weighted by Gasteiger charge is -2.36. The molecule has 0 aliphatic carbocycles. The predicted octanol–water partition coefficient (Wildman–Crippen LogP) is 3.85. The maximum atomic E-state index is 13.6.